The molecule has 4 aromatic carbocycles. The maximum Gasteiger partial charge on any atom is 0.433 e. The first-order chi connectivity index (χ1) is 52.0. The van der Waals surface area contributed by atoms with Crippen LogP contribution in [-0.4, -0.2) is 154 Å². The molecule has 0 radical (unpaired) electrons. The number of Topliss-reactive ketones (excluding diaryl/α,β-unsaturated/α-hetero) is 2. The number of benzene rings is 4. The monoisotopic (exact) mass is 1510 g/mol. The van der Waals surface area contributed by atoms with E-state index >= 15 is 9.59 Å². The number of ether oxygens (including phenoxy) is 7. The maximum atomic E-state index is 15.2. The molecule has 4 aliphatic heterocycles. The Morgan fingerprint density at radius 2 is 1.38 bits per heavy atom. The normalized spacial score (nSPS) is 17.5. The van der Waals surface area contributed by atoms with Gasteiger partial charge in [-0.3, -0.25) is 38.6 Å². The van der Waals surface area contributed by atoms with Crippen LogP contribution in [0.3, 0.4) is 0 Å². The summed E-state index contributed by atoms with van der Waals surface area (Å²) < 4.78 is 47.4. The number of rotatable bonds is 39. The summed E-state index contributed by atoms with van der Waals surface area (Å²) in [5.41, 5.74) is 6.73. The number of aryl methyl sites for hydroxylation is 2. The first-order valence-corrected chi connectivity index (χ1v) is 41.0. The van der Waals surface area contributed by atoms with Gasteiger partial charge in [0.05, 0.1) is 67.4 Å². The van der Waals surface area contributed by atoms with E-state index < -0.39 is 50.7 Å². The molecule has 1 N–H and O–H groups in total. The standard InChI is InChI=1S/C85H108N6O17Si/c1-14-37-104-76(94)24-20-17-19-23-65(92)46-66(55(4)5)78(96)87-57(7)72(93)43-59-25-27-60(28-26-59)53-107-83(100)91-70-49-73(56(6)42-68(70)80(98)90-54-85(35-36-85)50-71(90)81(91)108-109(12,13)84(8,9)10)102-40-21-18-22-41-103-75-48-69-67(47-74(75)101-11)79(97)89-52-62(44-64(89)51-86-69)61-32-29-58(30-33-61)31-34-63(45-77(95)105-38-15-2)88-82(99)106-39-16-3/h14-16,25-30,32-33,42,47-49,51-52,55,57,64,66,71,81H,1-3,17-24,31,34-41,43-46,50,53-54H2,4-13H3,(H,87,96)/t57-,64-,66-,71-,81?/m0/s1. The molecule has 5 aliphatic rings. The third-order valence-corrected chi connectivity index (χ3v) is 25.7. The summed E-state index contributed by atoms with van der Waals surface area (Å²) in [7, 11) is -1.15. The number of anilines is 1. The fraction of sp³-hybridized carbons (Fsp3) is 0.494. The van der Waals surface area contributed by atoms with Crippen molar-refractivity contribution in [2.45, 2.75) is 207 Å². The summed E-state index contributed by atoms with van der Waals surface area (Å²) in [6.07, 6.45) is 14.0. The molecule has 0 bridgehead atoms. The summed E-state index contributed by atoms with van der Waals surface area (Å²) in [5, 5.41) is 2.60. The van der Waals surface area contributed by atoms with Crippen LogP contribution in [0, 0.1) is 24.2 Å². The van der Waals surface area contributed by atoms with Crippen LogP contribution in [0.25, 0.3) is 5.57 Å². The Morgan fingerprint density at radius 1 is 0.734 bits per heavy atom. The maximum absolute atomic E-state index is 15.2. The van der Waals surface area contributed by atoms with Gasteiger partial charge in [-0.25, -0.2) is 14.5 Å². The van der Waals surface area contributed by atoms with Gasteiger partial charge in [0.15, 0.2) is 31.8 Å². The molecule has 5 atom stereocenters. The van der Waals surface area contributed by atoms with E-state index in [9.17, 15) is 33.6 Å². The number of unbranched alkanes of at least 4 members (excludes halogenated alkanes) is 4. The van der Waals surface area contributed by atoms with Crippen LogP contribution < -0.4 is 24.4 Å². The van der Waals surface area contributed by atoms with Gasteiger partial charge in [0.1, 0.15) is 38.0 Å². The van der Waals surface area contributed by atoms with E-state index in [1.54, 1.807) is 65.4 Å². The molecule has 1 unspecified atom stereocenters. The summed E-state index contributed by atoms with van der Waals surface area (Å²) in [4.78, 5) is 135. The molecule has 9 rings (SSSR count). The second kappa shape index (κ2) is 38.0. The van der Waals surface area contributed by atoms with Crippen molar-refractivity contribution < 1.29 is 80.7 Å². The molecular weight excluding hydrogens is 1410 g/mol. The van der Waals surface area contributed by atoms with Gasteiger partial charge >= 0.3 is 24.1 Å². The number of ketones is 2. The van der Waals surface area contributed by atoms with Crippen LogP contribution in [0.2, 0.25) is 18.1 Å². The molecular formula is C85H108N6O17Si. The molecule has 1 spiro atoms. The molecule has 4 heterocycles. The van der Waals surface area contributed by atoms with Crippen LogP contribution in [-0.2, 0) is 66.8 Å². The summed E-state index contributed by atoms with van der Waals surface area (Å²) in [5.74, 6) is -1.28. The van der Waals surface area contributed by atoms with Gasteiger partial charge in [0.2, 0.25) is 5.91 Å². The molecule has 23 nitrogen and oxygen atoms in total. The zero-order chi connectivity index (χ0) is 78.7. The van der Waals surface area contributed by atoms with E-state index in [1.165, 1.54) is 25.3 Å². The Kier molecular flexibility index (Phi) is 29.0. The van der Waals surface area contributed by atoms with E-state index in [2.05, 4.69) is 63.9 Å². The second-order valence-electron chi connectivity index (χ2n) is 30.9. The Hall–Kier alpha value is -9.81. The number of esters is 2. The smallest absolute Gasteiger partial charge is 0.433 e. The van der Waals surface area contributed by atoms with Crippen LogP contribution in [0.15, 0.2) is 127 Å². The highest BCUT2D eigenvalue weighted by molar-refractivity contribution is 6.74. The molecule has 0 aromatic heterocycles. The predicted molar refractivity (Wildman–Crippen MR) is 420 cm³/mol. The Bertz CT molecular complexity index is 4110. The van der Waals surface area contributed by atoms with Crippen LogP contribution in [0.5, 0.6) is 17.2 Å². The van der Waals surface area contributed by atoms with E-state index in [0.717, 1.165) is 41.5 Å². The SMILES string of the molecule is C=CCOC(=O)CCCCCC(=O)C[C@H](C(=O)N[C@@H](C)C(=O)Cc1ccc(COC(=O)N2c3cc(OCCCCCOc4cc5c(cc4OC)C(=O)N4C=C(c6ccc(CCC(CC(=O)OCC=C)=NC(=O)OCC=C)cc6)C[C@H]4C=N5)c(C)cc3C(=O)N3CC4(CC4)C[C@H]3C2O[Si](C)(C)C(C)(C)C)cc1)C(C)C. The number of nitrogens with one attached hydrogen (secondary N) is 1. The van der Waals surface area contributed by atoms with Crippen molar-refractivity contribution in [2.75, 3.05) is 51.6 Å². The number of carbonyl (C=O) groups is 9. The number of hydrogen-bond acceptors (Lipinski definition) is 18. The van der Waals surface area contributed by atoms with E-state index in [0.29, 0.717) is 134 Å². The molecule has 2 fully saturated rings. The highest BCUT2D eigenvalue weighted by atomic mass is 28.4. The van der Waals surface area contributed by atoms with Gasteiger partial charge in [0.25, 0.3) is 11.8 Å². The minimum absolute atomic E-state index is 0.0100. The quantitative estimate of drug-likeness (QED) is 0.0109. The Labute approximate surface area is 642 Å². The van der Waals surface area contributed by atoms with Crippen LogP contribution in [0.1, 0.15) is 186 Å². The highest BCUT2D eigenvalue weighted by Crippen LogP contribution is 2.58. The number of methoxy groups -OCH3 is 1. The minimum atomic E-state index is -2.67. The van der Waals surface area contributed by atoms with Crippen molar-refractivity contribution in [3.63, 3.8) is 0 Å². The van der Waals surface area contributed by atoms with Crippen molar-refractivity contribution in [1.82, 2.24) is 15.1 Å². The van der Waals surface area contributed by atoms with Gasteiger partial charge in [-0.1, -0.05) is 128 Å². The largest absolute Gasteiger partial charge is 0.493 e. The Balaban J connectivity index is 0.803. The lowest BCUT2D eigenvalue weighted by Gasteiger charge is -2.44. The molecule has 5 amide bonds. The number of carbonyl (C=O) groups excluding carboxylic acids is 9. The van der Waals surface area contributed by atoms with Crippen LogP contribution >= 0.6 is 0 Å². The molecule has 1 saturated heterocycles. The van der Waals surface area contributed by atoms with Gasteiger partial charge in [-0.2, -0.15) is 4.99 Å². The number of amides is 5. The van der Waals surface area contributed by atoms with Gasteiger partial charge in [0, 0.05) is 74.8 Å². The lowest BCUT2D eigenvalue weighted by molar-refractivity contribution is -0.143. The zero-order valence-electron chi connectivity index (χ0n) is 65.0. The van der Waals surface area contributed by atoms with E-state index in [-0.39, 0.29) is 116 Å². The highest BCUT2D eigenvalue weighted by Gasteiger charge is 2.60. The van der Waals surface area contributed by atoms with Crippen molar-refractivity contribution >= 4 is 90.6 Å². The van der Waals surface area contributed by atoms with Crippen LogP contribution in [0.4, 0.5) is 21.0 Å². The van der Waals surface area contributed by atoms with Crippen molar-refractivity contribution in [3.8, 4) is 17.2 Å². The molecule has 24 heteroatoms. The number of aliphatic imine (C=N–C) groups is 2. The van der Waals surface area contributed by atoms with E-state index in [1.807, 2.05) is 62.2 Å². The first-order valence-electron chi connectivity index (χ1n) is 38.1. The zero-order valence-corrected chi connectivity index (χ0v) is 66.0. The average Bonchev–Trinajstić information content (AvgIpc) is 1.56. The topological polar surface area (TPSA) is 274 Å². The predicted octanol–water partition coefficient (Wildman–Crippen LogP) is 15.4. The van der Waals surface area contributed by atoms with E-state index in [4.69, 9.17) is 42.6 Å². The van der Waals surface area contributed by atoms with Crippen molar-refractivity contribution in [3.05, 3.63) is 156 Å². The fourth-order valence-electron chi connectivity index (χ4n) is 13.6. The number of hydrogen-bond donors (Lipinski definition) is 1. The third kappa shape index (κ3) is 22.2. The van der Waals surface area contributed by atoms with Gasteiger partial charge in [-0.05, 0) is 153 Å². The second-order valence-corrected chi connectivity index (χ2v) is 35.7. The molecule has 109 heavy (non-hydrogen) atoms. The fourth-order valence-corrected chi connectivity index (χ4v) is 14.8. The summed E-state index contributed by atoms with van der Waals surface area (Å²) in [6, 6.07) is 20.5. The van der Waals surface area contributed by atoms with Crippen molar-refractivity contribution in [1.29, 1.82) is 0 Å². The molecule has 1 aliphatic carbocycles. The molecule has 584 valence electrons. The Morgan fingerprint density at radius 3 is 2.04 bits per heavy atom. The van der Waals surface area contributed by atoms with Gasteiger partial charge < -0.3 is 52.7 Å². The molecule has 1 saturated carbocycles. The minimum Gasteiger partial charge on any atom is -0.493 e. The molecule has 4 aromatic rings. The first kappa shape index (κ1) is 83.2. The van der Waals surface area contributed by atoms with Gasteiger partial charge in [-0.15, -0.1) is 0 Å². The van der Waals surface area contributed by atoms with Crippen molar-refractivity contribution in [2.24, 2.45) is 27.2 Å². The lowest BCUT2D eigenvalue weighted by atomic mass is 9.88. The average molecular weight is 1510 g/mol. The summed E-state index contributed by atoms with van der Waals surface area (Å²) >= 11 is 0. The number of nitrogens with zero attached hydrogens (tertiary/aromatic N) is 5. The number of fused-ring (bicyclic) bond motifs is 4. The summed E-state index contributed by atoms with van der Waals surface area (Å²) in [6.45, 7) is 30.0. The lowest BCUT2D eigenvalue weighted by Crippen LogP contribution is -2.58. The third-order valence-electron chi connectivity index (χ3n) is 21.3.